The Bertz CT molecular complexity index is 336. The van der Waals surface area contributed by atoms with Gasteiger partial charge in [-0.1, -0.05) is 11.6 Å². The molecule has 1 aromatic rings. The van der Waals surface area contributed by atoms with Gasteiger partial charge in [-0.2, -0.15) is 0 Å². The van der Waals surface area contributed by atoms with Crippen LogP contribution in [0.3, 0.4) is 0 Å². The van der Waals surface area contributed by atoms with Gasteiger partial charge in [-0.3, -0.25) is 0 Å². The van der Waals surface area contributed by atoms with Gasteiger partial charge in [0.15, 0.2) is 0 Å². The SMILES string of the molecule is CC(NCCN(C)C1CC1)c1ccc(Cl)s1. The molecule has 16 heavy (non-hydrogen) atoms. The van der Waals surface area contributed by atoms with E-state index in [0.717, 1.165) is 23.5 Å². The van der Waals surface area contributed by atoms with E-state index in [2.05, 4.69) is 30.3 Å². The van der Waals surface area contributed by atoms with Crippen molar-refractivity contribution in [2.45, 2.75) is 31.8 Å². The summed E-state index contributed by atoms with van der Waals surface area (Å²) in [5.74, 6) is 0. The Hall–Kier alpha value is -0.0900. The fraction of sp³-hybridized carbons (Fsp3) is 0.667. The normalized spacial score (nSPS) is 18.0. The highest BCUT2D eigenvalue weighted by Crippen LogP contribution is 2.27. The highest BCUT2D eigenvalue weighted by molar-refractivity contribution is 7.16. The van der Waals surface area contributed by atoms with Gasteiger partial charge in [0.2, 0.25) is 0 Å². The van der Waals surface area contributed by atoms with Crippen molar-refractivity contribution < 1.29 is 0 Å². The maximum Gasteiger partial charge on any atom is 0.0931 e. The van der Waals surface area contributed by atoms with Gasteiger partial charge in [0.25, 0.3) is 0 Å². The summed E-state index contributed by atoms with van der Waals surface area (Å²) in [5, 5.41) is 3.54. The predicted octanol–water partition coefficient (Wildman–Crippen LogP) is 3.15. The van der Waals surface area contributed by atoms with Crippen LogP contribution in [0.4, 0.5) is 0 Å². The Morgan fingerprint density at radius 1 is 1.56 bits per heavy atom. The Labute approximate surface area is 107 Å². The van der Waals surface area contributed by atoms with Crippen LogP contribution in [-0.2, 0) is 0 Å². The third-order valence-electron chi connectivity index (χ3n) is 3.11. The van der Waals surface area contributed by atoms with E-state index in [1.807, 2.05) is 6.07 Å². The standard InChI is InChI=1S/C12H19ClN2S/c1-9(11-5-6-12(13)16-11)14-7-8-15(2)10-3-4-10/h5-6,9-10,14H,3-4,7-8H2,1-2H3. The minimum atomic E-state index is 0.408. The molecule has 4 heteroatoms. The molecule has 1 atom stereocenters. The van der Waals surface area contributed by atoms with Gasteiger partial charge in [0, 0.05) is 30.1 Å². The number of hydrogen-bond acceptors (Lipinski definition) is 3. The van der Waals surface area contributed by atoms with Crippen LogP contribution < -0.4 is 5.32 Å². The number of likely N-dealkylation sites (N-methyl/N-ethyl adjacent to an activating group) is 1. The van der Waals surface area contributed by atoms with Crippen LogP contribution in [0.5, 0.6) is 0 Å². The molecule has 0 aliphatic heterocycles. The number of halogens is 1. The zero-order valence-corrected chi connectivity index (χ0v) is 11.4. The second-order valence-corrected chi connectivity index (χ2v) is 6.28. The zero-order valence-electron chi connectivity index (χ0n) is 9.87. The summed E-state index contributed by atoms with van der Waals surface area (Å²) < 4.78 is 0.874. The summed E-state index contributed by atoms with van der Waals surface area (Å²) >= 11 is 7.58. The molecular formula is C12H19ClN2S. The molecule has 0 amide bonds. The van der Waals surface area contributed by atoms with Gasteiger partial charge < -0.3 is 10.2 Å². The molecule has 1 aromatic heterocycles. The van der Waals surface area contributed by atoms with Crippen LogP contribution in [0.2, 0.25) is 4.34 Å². The zero-order chi connectivity index (χ0) is 11.5. The second kappa shape index (κ2) is 5.50. The molecule has 2 rings (SSSR count). The Morgan fingerprint density at radius 2 is 2.31 bits per heavy atom. The third kappa shape index (κ3) is 3.45. The van der Waals surface area contributed by atoms with E-state index in [0.29, 0.717) is 6.04 Å². The van der Waals surface area contributed by atoms with Crippen molar-refractivity contribution in [3.8, 4) is 0 Å². The van der Waals surface area contributed by atoms with E-state index in [9.17, 15) is 0 Å². The molecule has 90 valence electrons. The van der Waals surface area contributed by atoms with Crippen LogP contribution in [0, 0.1) is 0 Å². The van der Waals surface area contributed by atoms with Gasteiger partial charge >= 0.3 is 0 Å². The number of hydrogen-bond donors (Lipinski definition) is 1. The molecule has 0 radical (unpaired) electrons. The number of nitrogens with zero attached hydrogens (tertiary/aromatic N) is 1. The molecule has 1 saturated carbocycles. The largest absolute Gasteiger partial charge is 0.308 e. The van der Waals surface area contributed by atoms with E-state index in [4.69, 9.17) is 11.6 Å². The first-order chi connectivity index (χ1) is 7.66. The van der Waals surface area contributed by atoms with Crippen LogP contribution in [0.15, 0.2) is 12.1 Å². The Morgan fingerprint density at radius 3 is 2.88 bits per heavy atom. The summed E-state index contributed by atoms with van der Waals surface area (Å²) in [4.78, 5) is 3.76. The predicted molar refractivity (Wildman–Crippen MR) is 71.4 cm³/mol. The highest BCUT2D eigenvalue weighted by Gasteiger charge is 2.25. The molecule has 1 fully saturated rings. The summed E-state index contributed by atoms with van der Waals surface area (Å²) in [7, 11) is 2.21. The fourth-order valence-corrected chi connectivity index (χ4v) is 2.90. The Kier molecular flexibility index (Phi) is 4.25. The average Bonchev–Trinajstić information content (AvgIpc) is 3.01. The first kappa shape index (κ1) is 12.4. The number of rotatable bonds is 6. The molecule has 2 nitrogen and oxygen atoms in total. The van der Waals surface area contributed by atoms with Crippen LogP contribution in [0.1, 0.15) is 30.7 Å². The summed E-state index contributed by atoms with van der Waals surface area (Å²) in [6, 6.07) is 5.34. The molecule has 0 spiro atoms. The topological polar surface area (TPSA) is 15.3 Å². The molecule has 0 aromatic carbocycles. The number of thiophene rings is 1. The fourth-order valence-electron chi connectivity index (χ4n) is 1.82. The second-order valence-electron chi connectivity index (χ2n) is 4.53. The van der Waals surface area contributed by atoms with Crippen LogP contribution >= 0.6 is 22.9 Å². The van der Waals surface area contributed by atoms with Crippen molar-refractivity contribution in [1.82, 2.24) is 10.2 Å². The minimum Gasteiger partial charge on any atom is -0.308 e. The lowest BCUT2D eigenvalue weighted by Crippen LogP contribution is -2.31. The molecular weight excluding hydrogens is 240 g/mol. The van der Waals surface area contributed by atoms with Crippen molar-refractivity contribution in [2.75, 3.05) is 20.1 Å². The van der Waals surface area contributed by atoms with E-state index in [1.165, 1.54) is 17.7 Å². The van der Waals surface area contributed by atoms with Crippen LogP contribution in [-0.4, -0.2) is 31.1 Å². The average molecular weight is 259 g/mol. The van der Waals surface area contributed by atoms with E-state index >= 15 is 0 Å². The summed E-state index contributed by atoms with van der Waals surface area (Å²) in [5.41, 5.74) is 0. The first-order valence-electron chi connectivity index (χ1n) is 5.85. The lowest BCUT2D eigenvalue weighted by atomic mass is 10.3. The quantitative estimate of drug-likeness (QED) is 0.843. The summed E-state index contributed by atoms with van der Waals surface area (Å²) in [6.45, 7) is 4.37. The van der Waals surface area contributed by atoms with Gasteiger partial charge in [-0.05, 0) is 38.9 Å². The molecule has 1 unspecified atom stereocenters. The monoisotopic (exact) mass is 258 g/mol. The maximum absolute atomic E-state index is 5.92. The molecule has 1 N–H and O–H groups in total. The van der Waals surface area contributed by atoms with Gasteiger partial charge in [0.05, 0.1) is 4.34 Å². The van der Waals surface area contributed by atoms with Crippen molar-refractivity contribution in [3.05, 3.63) is 21.3 Å². The molecule has 0 saturated heterocycles. The van der Waals surface area contributed by atoms with Gasteiger partial charge in [0.1, 0.15) is 0 Å². The Balaban J connectivity index is 1.69. The van der Waals surface area contributed by atoms with Crippen molar-refractivity contribution in [2.24, 2.45) is 0 Å². The molecule has 1 aliphatic carbocycles. The number of nitrogens with one attached hydrogen (secondary N) is 1. The lowest BCUT2D eigenvalue weighted by molar-refractivity contribution is 0.317. The van der Waals surface area contributed by atoms with Crippen molar-refractivity contribution >= 4 is 22.9 Å². The van der Waals surface area contributed by atoms with E-state index < -0.39 is 0 Å². The smallest absolute Gasteiger partial charge is 0.0931 e. The molecule has 1 heterocycles. The van der Waals surface area contributed by atoms with E-state index in [-0.39, 0.29) is 0 Å². The summed E-state index contributed by atoms with van der Waals surface area (Å²) in [6.07, 6.45) is 2.76. The first-order valence-corrected chi connectivity index (χ1v) is 7.05. The minimum absolute atomic E-state index is 0.408. The van der Waals surface area contributed by atoms with Crippen molar-refractivity contribution in [3.63, 3.8) is 0 Å². The third-order valence-corrected chi connectivity index (χ3v) is 4.52. The maximum atomic E-state index is 5.92. The van der Waals surface area contributed by atoms with Gasteiger partial charge in [-0.25, -0.2) is 0 Å². The van der Waals surface area contributed by atoms with Crippen LogP contribution in [0.25, 0.3) is 0 Å². The van der Waals surface area contributed by atoms with Gasteiger partial charge in [-0.15, -0.1) is 11.3 Å². The van der Waals surface area contributed by atoms with Crippen molar-refractivity contribution in [1.29, 1.82) is 0 Å². The van der Waals surface area contributed by atoms with E-state index in [1.54, 1.807) is 11.3 Å². The molecule has 1 aliphatic rings. The highest BCUT2D eigenvalue weighted by atomic mass is 35.5. The molecule has 0 bridgehead atoms. The lowest BCUT2D eigenvalue weighted by Gasteiger charge is -2.18.